The molecule has 2 saturated heterocycles. The molecule has 1 atom stereocenters. The van der Waals surface area contributed by atoms with E-state index >= 15 is 0 Å². The van der Waals surface area contributed by atoms with Crippen LogP contribution >= 0.6 is 0 Å². The van der Waals surface area contributed by atoms with Gasteiger partial charge in [0.1, 0.15) is 5.76 Å². The van der Waals surface area contributed by atoms with Crippen LogP contribution in [0.3, 0.4) is 0 Å². The summed E-state index contributed by atoms with van der Waals surface area (Å²) in [5.41, 5.74) is 1.10. The highest BCUT2D eigenvalue weighted by atomic mass is 16.5. The molecule has 1 aromatic carbocycles. The highest BCUT2D eigenvalue weighted by Gasteiger charge is 2.46. The average Bonchev–Trinajstić information content (AvgIpc) is 3.12. The van der Waals surface area contributed by atoms with Crippen LogP contribution in [0.2, 0.25) is 0 Å². The van der Waals surface area contributed by atoms with Crippen LogP contribution in [0.15, 0.2) is 48.3 Å². The molecule has 9 heteroatoms. The Hall–Kier alpha value is -3.43. The maximum absolute atomic E-state index is 13.1. The molecule has 0 aliphatic carbocycles. The monoisotopic (exact) mass is 453 g/mol. The van der Waals surface area contributed by atoms with Crippen molar-refractivity contribution in [2.75, 3.05) is 53.6 Å². The Morgan fingerprint density at radius 2 is 1.76 bits per heavy atom. The van der Waals surface area contributed by atoms with Crippen molar-refractivity contribution in [2.24, 2.45) is 0 Å². The smallest absolute Gasteiger partial charge is 0.295 e. The van der Waals surface area contributed by atoms with Gasteiger partial charge in [0.15, 0.2) is 11.5 Å². The number of methoxy groups -OCH3 is 2. The minimum Gasteiger partial charge on any atom is -0.507 e. The zero-order chi connectivity index (χ0) is 23.4. The number of aliphatic hydroxyl groups is 1. The lowest BCUT2D eigenvalue weighted by molar-refractivity contribution is -0.140. The molecule has 1 N–H and O–H groups in total. The van der Waals surface area contributed by atoms with E-state index in [2.05, 4.69) is 9.88 Å². The topological polar surface area (TPSA) is 101 Å². The number of hydrogen-bond acceptors (Lipinski definition) is 8. The SMILES string of the molecule is COc1ccc(C(O)=C2C(=O)C(=O)N(CCN3CCOCC3)[C@H]2c2ccncc2)cc1OC. The van der Waals surface area contributed by atoms with E-state index in [1.54, 1.807) is 42.7 Å². The Bertz CT molecular complexity index is 1050. The van der Waals surface area contributed by atoms with Crippen LogP contribution in [0.4, 0.5) is 0 Å². The van der Waals surface area contributed by atoms with Crippen molar-refractivity contribution in [1.82, 2.24) is 14.8 Å². The van der Waals surface area contributed by atoms with Gasteiger partial charge < -0.3 is 24.2 Å². The summed E-state index contributed by atoms with van der Waals surface area (Å²) in [5.74, 6) is -0.711. The molecule has 3 heterocycles. The highest BCUT2D eigenvalue weighted by Crippen LogP contribution is 2.40. The molecule has 1 amide bonds. The molecule has 4 rings (SSSR count). The number of amides is 1. The van der Waals surface area contributed by atoms with Gasteiger partial charge in [-0.05, 0) is 35.9 Å². The van der Waals surface area contributed by atoms with E-state index in [4.69, 9.17) is 14.2 Å². The summed E-state index contributed by atoms with van der Waals surface area (Å²) < 4.78 is 16.0. The zero-order valence-corrected chi connectivity index (χ0v) is 18.7. The van der Waals surface area contributed by atoms with Gasteiger partial charge in [-0.1, -0.05) is 0 Å². The number of benzene rings is 1. The van der Waals surface area contributed by atoms with Crippen LogP contribution in [-0.2, 0) is 14.3 Å². The fraction of sp³-hybridized carbons (Fsp3) is 0.375. The first-order chi connectivity index (χ1) is 16.0. The molecule has 2 aliphatic heterocycles. The zero-order valence-electron chi connectivity index (χ0n) is 18.7. The van der Waals surface area contributed by atoms with E-state index < -0.39 is 17.7 Å². The Labute approximate surface area is 192 Å². The number of aliphatic hydroxyl groups excluding tert-OH is 1. The third-order valence-corrected chi connectivity index (χ3v) is 5.98. The van der Waals surface area contributed by atoms with Crippen molar-refractivity contribution in [3.63, 3.8) is 0 Å². The van der Waals surface area contributed by atoms with Gasteiger partial charge in [-0.15, -0.1) is 0 Å². The van der Waals surface area contributed by atoms with E-state index in [1.807, 2.05) is 0 Å². The van der Waals surface area contributed by atoms with Crippen LogP contribution in [0.1, 0.15) is 17.2 Å². The molecule has 0 spiro atoms. The Morgan fingerprint density at radius 3 is 2.42 bits per heavy atom. The maximum atomic E-state index is 13.1. The summed E-state index contributed by atoms with van der Waals surface area (Å²) in [6.45, 7) is 3.79. The molecule has 0 radical (unpaired) electrons. The number of rotatable bonds is 7. The Balaban J connectivity index is 1.73. The number of pyridine rings is 1. The first-order valence-electron chi connectivity index (χ1n) is 10.8. The number of ether oxygens (including phenoxy) is 3. The summed E-state index contributed by atoms with van der Waals surface area (Å²) in [7, 11) is 3.00. The molecule has 33 heavy (non-hydrogen) atoms. The molecule has 2 aliphatic rings. The highest BCUT2D eigenvalue weighted by molar-refractivity contribution is 6.46. The van der Waals surface area contributed by atoms with E-state index in [9.17, 15) is 14.7 Å². The minimum absolute atomic E-state index is 0.0420. The van der Waals surface area contributed by atoms with E-state index in [0.717, 1.165) is 13.1 Å². The first kappa shape index (κ1) is 22.8. The fourth-order valence-corrected chi connectivity index (χ4v) is 4.22. The van der Waals surface area contributed by atoms with Crippen molar-refractivity contribution in [2.45, 2.75) is 6.04 Å². The van der Waals surface area contributed by atoms with Crippen LogP contribution < -0.4 is 9.47 Å². The van der Waals surface area contributed by atoms with Crippen molar-refractivity contribution < 1.29 is 28.9 Å². The second-order valence-electron chi connectivity index (χ2n) is 7.80. The summed E-state index contributed by atoms with van der Waals surface area (Å²) >= 11 is 0. The van der Waals surface area contributed by atoms with E-state index in [1.165, 1.54) is 19.1 Å². The first-order valence-corrected chi connectivity index (χ1v) is 10.8. The molecule has 2 aromatic rings. The molecule has 174 valence electrons. The van der Waals surface area contributed by atoms with Crippen LogP contribution in [0, 0.1) is 0 Å². The van der Waals surface area contributed by atoms with Gasteiger partial charge in [-0.3, -0.25) is 19.5 Å². The second kappa shape index (κ2) is 10.0. The van der Waals surface area contributed by atoms with Gasteiger partial charge in [0.2, 0.25) is 0 Å². The number of Topliss-reactive ketones (excluding diaryl/α,β-unsaturated/α-hetero) is 1. The minimum atomic E-state index is -0.720. The van der Waals surface area contributed by atoms with Crippen molar-refractivity contribution in [3.05, 3.63) is 59.4 Å². The van der Waals surface area contributed by atoms with Gasteiger partial charge in [-0.2, -0.15) is 0 Å². The number of aromatic nitrogens is 1. The van der Waals surface area contributed by atoms with Crippen molar-refractivity contribution in [3.8, 4) is 11.5 Å². The lowest BCUT2D eigenvalue weighted by Gasteiger charge is -2.31. The predicted molar refractivity (Wildman–Crippen MR) is 120 cm³/mol. The lowest BCUT2D eigenvalue weighted by atomic mass is 9.96. The quantitative estimate of drug-likeness (QED) is 0.385. The second-order valence-corrected chi connectivity index (χ2v) is 7.80. The van der Waals surface area contributed by atoms with E-state index in [0.29, 0.717) is 48.9 Å². The number of carbonyl (C=O) groups excluding carboxylic acids is 2. The van der Waals surface area contributed by atoms with Crippen molar-refractivity contribution >= 4 is 17.4 Å². The summed E-state index contributed by atoms with van der Waals surface area (Å²) in [6, 6.07) is 7.63. The largest absolute Gasteiger partial charge is 0.507 e. The number of likely N-dealkylation sites (tertiary alicyclic amines) is 1. The number of carbonyl (C=O) groups is 2. The van der Waals surface area contributed by atoms with Gasteiger partial charge in [-0.25, -0.2) is 0 Å². The molecule has 1 aromatic heterocycles. The molecule has 0 saturated carbocycles. The molecule has 2 fully saturated rings. The predicted octanol–water partition coefficient (Wildman–Crippen LogP) is 1.85. The lowest BCUT2D eigenvalue weighted by Crippen LogP contribution is -2.42. The third kappa shape index (κ3) is 4.55. The molecule has 0 bridgehead atoms. The van der Waals surface area contributed by atoms with Gasteiger partial charge >= 0.3 is 0 Å². The van der Waals surface area contributed by atoms with Gasteiger partial charge in [0.25, 0.3) is 11.7 Å². The summed E-state index contributed by atoms with van der Waals surface area (Å²) in [5, 5.41) is 11.2. The number of nitrogens with zero attached hydrogens (tertiary/aromatic N) is 3. The molecular weight excluding hydrogens is 426 g/mol. The Kier molecular flexibility index (Phi) is 6.90. The number of hydrogen-bond donors (Lipinski definition) is 1. The molecular formula is C24H27N3O6. The van der Waals surface area contributed by atoms with Crippen LogP contribution in [0.5, 0.6) is 11.5 Å². The van der Waals surface area contributed by atoms with Gasteiger partial charge in [0, 0.05) is 44.1 Å². The molecule has 0 unspecified atom stereocenters. The van der Waals surface area contributed by atoms with E-state index in [-0.39, 0.29) is 11.3 Å². The fourth-order valence-electron chi connectivity index (χ4n) is 4.22. The Morgan fingerprint density at radius 1 is 1.06 bits per heavy atom. The van der Waals surface area contributed by atoms with Gasteiger partial charge in [0.05, 0.1) is 39.0 Å². The standard InChI is InChI=1S/C24H27N3O6/c1-31-18-4-3-17(15-19(18)32-2)22(28)20-21(16-5-7-25-8-6-16)27(24(30)23(20)29)10-9-26-11-13-33-14-12-26/h3-8,15,21,28H,9-14H2,1-2H3/t21-/m0/s1. The normalized spacial score (nSPS) is 20.8. The molecule has 9 nitrogen and oxygen atoms in total. The maximum Gasteiger partial charge on any atom is 0.295 e. The number of ketones is 1. The third-order valence-electron chi connectivity index (χ3n) is 5.98. The average molecular weight is 453 g/mol. The van der Waals surface area contributed by atoms with Crippen molar-refractivity contribution in [1.29, 1.82) is 0 Å². The summed E-state index contributed by atoms with van der Waals surface area (Å²) in [4.78, 5) is 34.0. The van der Waals surface area contributed by atoms with Crippen LogP contribution in [-0.4, -0.2) is 85.2 Å². The summed E-state index contributed by atoms with van der Waals surface area (Å²) in [6.07, 6.45) is 3.21. The van der Waals surface area contributed by atoms with Crippen LogP contribution in [0.25, 0.3) is 5.76 Å². The number of morpholine rings is 1.